The number of hydrogen-bond donors (Lipinski definition) is 1. The summed E-state index contributed by atoms with van der Waals surface area (Å²) in [4.78, 5) is 29.8. The number of pyridine rings is 1. The summed E-state index contributed by atoms with van der Waals surface area (Å²) in [6.07, 6.45) is 1.81. The number of carbonyl (C=O) groups excluding carboxylic acids is 1. The predicted octanol–water partition coefficient (Wildman–Crippen LogP) is 2.95. The van der Waals surface area contributed by atoms with Gasteiger partial charge in [-0.2, -0.15) is 0 Å². The van der Waals surface area contributed by atoms with E-state index in [-0.39, 0.29) is 29.0 Å². The molecule has 2 heterocycles. The van der Waals surface area contributed by atoms with Crippen LogP contribution in [0.1, 0.15) is 40.0 Å². The zero-order chi connectivity index (χ0) is 18.7. The van der Waals surface area contributed by atoms with E-state index >= 15 is 0 Å². The molecular weight excluding hydrogens is 335 g/mol. The molecule has 1 aromatic heterocycles. The van der Waals surface area contributed by atoms with E-state index in [4.69, 9.17) is 4.74 Å². The van der Waals surface area contributed by atoms with Crippen LogP contribution in [0.4, 0.5) is 4.39 Å². The molecule has 0 radical (unpaired) electrons. The van der Waals surface area contributed by atoms with Crippen molar-refractivity contribution in [2.45, 2.75) is 39.3 Å². The minimum atomic E-state index is -0.385. The molecule has 1 atom stereocenters. The van der Waals surface area contributed by atoms with E-state index in [1.54, 1.807) is 36.9 Å². The Hall–Kier alpha value is -2.47. The van der Waals surface area contributed by atoms with E-state index in [9.17, 15) is 14.0 Å². The number of carbonyl (C=O) groups is 1. The number of nitrogens with zero attached hydrogens (tertiary/aromatic N) is 1. The Morgan fingerprint density at radius 3 is 2.65 bits per heavy atom. The lowest BCUT2D eigenvalue weighted by Crippen LogP contribution is -2.40. The number of hydrogen-bond acceptors (Lipinski definition) is 3. The van der Waals surface area contributed by atoms with Crippen LogP contribution in [0.15, 0.2) is 35.1 Å². The monoisotopic (exact) mass is 358 g/mol. The van der Waals surface area contributed by atoms with Crippen LogP contribution in [0.2, 0.25) is 0 Å². The van der Waals surface area contributed by atoms with Crippen LogP contribution in [0.5, 0.6) is 0 Å². The van der Waals surface area contributed by atoms with Gasteiger partial charge >= 0.3 is 0 Å². The van der Waals surface area contributed by atoms with Crippen LogP contribution in [-0.4, -0.2) is 35.0 Å². The summed E-state index contributed by atoms with van der Waals surface area (Å²) < 4.78 is 18.8. The van der Waals surface area contributed by atoms with Crippen molar-refractivity contribution in [1.82, 2.24) is 9.88 Å². The van der Waals surface area contributed by atoms with E-state index in [0.717, 1.165) is 18.4 Å². The molecule has 26 heavy (non-hydrogen) atoms. The van der Waals surface area contributed by atoms with Crippen molar-refractivity contribution in [3.05, 3.63) is 68.9 Å². The molecule has 0 saturated carbocycles. The highest BCUT2D eigenvalue weighted by Gasteiger charge is 2.26. The zero-order valence-electron chi connectivity index (χ0n) is 15.0. The molecule has 1 aliphatic rings. The fraction of sp³-hybridized carbons (Fsp3) is 0.400. The number of rotatable bonds is 5. The van der Waals surface area contributed by atoms with Gasteiger partial charge in [0.1, 0.15) is 11.4 Å². The molecule has 5 nitrogen and oxygen atoms in total. The highest BCUT2D eigenvalue weighted by molar-refractivity contribution is 5.95. The molecule has 1 aromatic carbocycles. The van der Waals surface area contributed by atoms with Gasteiger partial charge < -0.3 is 14.6 Å². The zero-order valence-corrected chi connectivity index (χ0v) is 15.0. The van der Waals surface area contributed by atoms with Crippen LogP contribution in [0.3, 0.4) is 0 Å². The molecule has 1 amide bonds. The van der Waals surface area contributed by atoms with Crippen LogP contribution in [0, 0.1) is 19.7 Å². The van der Waals surface area contributed by atoms with Gasteiger partial charge in [-0.1, -0.05) is 12.1 Å². The summed E-state index contributed by atoms with van der Waals surface area (Å²) in [6.45, 7) is 4.94. The molecule has 0 unspecified atom stereocenters. The van der Waals surface area contributed by atoms with Crippen molar-refractivity contribution in [2.24, 2.45) is 0 Å². The Morgan fingerprint density at radius 1 is 1.31 bits per heavy atom. The first-order chi connectivity index (χ1) is 12.4. The first kappa shape index (κ1) is 18.3. The summed E-state index contributed by atoms with van der Waals surface area (Å²) in [7, 11) is 0. The SMILES string of the molecule is Cc1cc(C)c(C(=O)N(Cc2ccc(F)cc2)C[C@@H]2CCCO2)c(=O)[nH]1. The number of H-pyrrole nitrogens is 1. The maximum Gasteiger partial charge on any atom is 0.261 e. The number of aromatic nitrogens is 1. The minimum Gasteiger partial charge on any atom is -0.376 e. The number of nitrogens with one attached hydrogen (secondary N) is 1. The van der Waals surface area contributed by atoms with E-state index in [1.807, 2.05) is 0 Å². The Balaban J connectivity index is 1.89. The van der Waals surface area contributed by atoms with E-state index in [0.29, 0.717) is 31.0 Å². The van der Waals surface area contributed by atoms with Crippen molar-refractivity contribution in [2.75, 3.05) is 13.2 Å². The normalized spacial score (nSPS) is 16.7. The van der Waals surface area contributed by atoms with Crippen LogP contribution in [0.25, 0.3) is 0 Å². The number of aryl methyl sites for hydroxylation is 2. The quantitative estimate of drug-likeness (QED) is 0.894. The second-order valence-corrected chi connectivity index (χ2v) is 6.79. The van der Waals surface area contributed by atoms with Crippen molar-refractivity contribution in [3.8, 4) is 0 Å². The highest BCUT2D eigenvalue weighted by Crippen LogP contribution is 2.18. The number of ether oxygens (including phenoxy) is 1. The van der Waals surface area contributed by atoms with E-state index in [1.165, 1.54) is 12.1 Å². The van der Waals surface area contributed by atoms with Crippen LogP contribution < -0.4 is 5.56 Å². The van der Waals surface area contributed by atoms with Gasteiger partial charge in [0, 0.05) is 25.4 Å². The van der Waals surface area contributed by atoms with Crippen molar-refractivity contribution in [3.63, 3.8) is 0 Å². The fourth-order valence-electron chi connectivity index (χ4n) is 3.34. The molecule has 3 rings (SSSR count). The molecule has 1 fully saturated rings. The number of benzene rings is 1. The maximum atomic E-state index is 13.2. The third-order valence-electron chi connectivity index (χ3n) is 4.60. The van der Waals surface area contributed by atoms with Gasteiger partial charge in [0.15, 0.2) is 0 Å². The Morgan fingerprint density at radius 2 is 2.04 bits per heavy atom. The Kier molecular flexibility index (Phi) is 5.52. The van der Waals surface area contributed by atoms with Gasteiger partial charge in [-0.3, -0.25) is 9.59 Å². The van der Waals surface area contributed by atoms with Crippen molar-refractivity contribution < 1.29 is 13.9 Å². The predicted molar refractivity (Wildman–Crippen MR) is 96.7 cm³/mol. The van der Waals surface area contributed by atoms with Crippen molar-refractivity contribution in [1.29, 1.82) is 0 Å². The maximum absolute atomic E-state index is 13.2. The highest BCUT2D eigenvalue weighted by atomic mass is 19.1. The van der Waals surface area contributed by atoms with E-state index < -0.39 is 0 Å². The molecule has 0 bridgehead atoms. The lowest BCUT2D eigenvalue weighted by Gasteiger charge is -2.26. The summed E-state index contributed by atoms with van der Waals surface area (Å²) >= 11 is 0. The van der Waals surface area contributed by atoms with Crippen LogP contribution >= 0.6 is 0 Å². The fourth-order valence-corrected chi connectivity index (χ4v) is 3.34. The third kappa shape index (κ3) is 4.19. The van der Waals surface area contributed by atoms with Gasteiger partial charge in [0.25, 0.3) is 11.5 Å². The lowest BCUT2D eigenvalue weighted by molar-refractivity contribution is 0.0505. The summed E-state index contributed by atoms with van der Waals surface area (Å²) in [5, 5.41) is 0. The molecule has 0 aliphatic carbocycles. The molecule has 138 valence electrons. The second kappa shape index (κ2) is 7.83. The van der Waals surface area contributed by atoms with Gasteiger partial charge in [0.2, 0.25) is 0 Å². The van der Waals surface area contributed by atoms with E-state index in [2.05, 4.69) is 4.98 Å². The molecular formula is C20H23FN2O3. The van der Waals surface area contributed by atoms with Gasteiger partial charge in [0.05, 0.1) is 6.10 Å². The van der Waals surface area contributed by atoms with Gasteiger partial charge in [-0.25, -0.2) is 4.39 Å². The summed E-state index contributed by atoms with van der Waals surface area (Å²) in [5.41, 5.74) is 1.93. The lowest BCUT2D eigenvalue weighted by atomic mass is 10.1. The largest absolute Gasteiger partial charge is 0.376 e. The molecule has 1 N–H and O–H groups in total. The number of halogens is 1. The van der Waals surface area contributed by atoms with Crippen molar-refractivity contribution >= 4 is 5.91 Å². The van der Waals surface area contributed by atoms with Crippen LogP contribution in [-0.2, 0) is 11.3 Å². The molecule has 1 saturated heterocycles. The average Bonchev–Trinajstić information content (AvgIpc) is 3.08. The third-order valence-corrected chi connectivity index (χ3v) is 4.60. The molecule has 2 aromatic rings. The molecule has 6 heteroatoms. The minimum absolute atomic E-state index is 0.0377. The molecule has 0 spiro atoms. The number of aromatic amines is 1. The molecule has 1 aliphatic heterocycles. The first-order valence-electron chi connectivity index (χ1n) is 8.80. The van der Waals surface area contributed by atoms with Gasteiger partial charge in [-0.05, 0) is 56.0 Å². The topological polar surface area (TPSA) is 62.4 Å². The summed E-state index contributed by atoms with van der Waals surface area (Å²) in [6, 6.07) is 7.83. The first-order valence-corrected chi connectivity index (χ1v) is 8.80. The standard InChI is InChI=1S/C20H23FN2O3/c1-13-10-14(2)22-19(24)18(13)20(25)23(12-17-4-3-9-26-17)11-15-5-7-16(21)8-6-15/h5-8,10,17H,3-4,9,11-12H2,1-2H3,(H,22,24)/t17-/m0/s1. The summed E-state index contributed by atoms with van der Waals surface area (Å²) in [5.74, 6) is -0.653. The second-order valence-electron chi connectivity index (χ2n) is 6.79. The van der Waals surface area contributed by atoms with Gasteiger partial charge in [-0.15, -0.1) is 0 Å². The smallest absolute Gasteiger partial charge is 0.261 e. The number of amides is 1. The Bertz CT molecular complexity index is 839. The Labute approximate surface area is 151 Å². The average molecular weight is 358 g/mol.